The van der Waals surface area contributed by atoms with E-state index in [0.717, 1.165) is 11.1 Å². The molecule has 7 rings (SSSR count). The van der Waals surface area contributed by atoms with Gasteiger partial charge in [-0.2, -0.15) is 0 Å². The minimum absolute atomic E-state index is 0.152. The maximum atomic E-state index is 13.8. The Kier molecular flexibility index (Phi) is 9.00. The predicted molar refractivity (Wildman–Crippen MR) is 169 cm³/mol. The SMILES string of the molecule is COc1cnccc1C(=O)N1CC[C@H]2Oc3ccc(cc3)CNC(=O)COc3cccc(c3)-c3cc(ccc3OC)C(=O)N[C@@H]2C1. The fourth-order valence-corrected chi connectivity index (χ4v) is 5.63. The number of likely N-dealkylation sites (tertiary alicyclic amines) is 1. The van der Waals surface area contributed by atoms with E-state index in [2.05, 4.69) is 15.6 Å². The molecule has 0 radical (unpaired) electrons. The van der Waals surface area contributed by atoms with Crippen LogP contribution in [0.5, 0.6) is 23.0 Å². The summed E-state index contributed by atoms with van der Waals surface area (Å²) in [7, 11) is 3.06. The maximum absolute atomic E-state index is 13.8. The highest BCUT2D eigenvalue weighted by Gasteiger charge is 2.35. The smallest absolute Gasteiger partial charge is 0.258 e. The quantitative estimate of drug-likeness (QED) is 0.353. The van der Waals surface area contributed by atoms with Gasteiger partial charge in [-0.3, -0.25) is 19.4 Å². The van der Waals surface area contributed by atoms with Crippen molar-refractivity contribution >= 4 is 17.7 Å². The molecule has 3 amide bonds. The summed E-state index contributed by atoms with van der Waals surface area (Å²) < 4.78 is 23.2. The van der Waals surface area contributed by atoms with E-state index in [4.69, 9.17) is 18.9 Å². The second-order valence-electron chi connectivity index (χ2n) is 11.0. The lowest BCUT2D eigenvalue weighted by Crippen LogP contribution is -2.58. The normalized spacial score (nSPS) is 18.2. The van der Waals surface area contributed by atoms with Crippen LogP contribution in [0.4, 0.5) is 0 Å². The molecule has 3 aromatic carbocycles. The van der Waals surface area contributed by atoms with Crippen LogP contribution in [0.2, 0.25) is 0 Å². The van der Waals surface area contributed by atoms with Crippen LogP contribution in [-0.2, 0) is 11.3 Å². The largest absolute Gasteiger partial charge is 0.496 e. The number of hydrogen-bond acceptors (Lipinski definition) is 8. The Hall–Kier alpha value is -5.58. The summed E-state index contributed by atoms with van der Waals surface area (Å²) in [6.45, 7) is 0.800. The van der Waals surface area contributed by atoms with Crippen LogP contribution in [0.3, 0.4) is 0 Å². The van der Waals surface area contributed by atoms with Gasteiger partial charge >= 0.3 is 0 Å². The summed E-state index contributed by atoms with van der Waals surface area (Å²) in [4.78, 5) is 45.7. The molecule has 4 aromatic rings. The highest BCUT2D eigenvalue weighted by atomic mass is 16.5. The molecule has 0 unspecified atom stereocenters. The van der Waals surface area contributed by atoms with Gasteiger partial charge in [0.15, 0.2) is 6.61 Å². The van der Waals surface area contributed by atoms with Gasteiger partial charge in [-0.1, -0.05) is 24.3 Å². The lowest BCUT2D eigenvalue weighted by Gasteiger charge is -2.39. The zero-order valence-corrected chi connectivity index (χ0v) is 25.5. The third-order valence-corrected chi connectivity index (χ3v) is 8.07. The van der Waals surface area contributed by atoms with Gasteiger partial charge in [0, 0.05) is 43.4 Å². The summed E-state index contributed by atoms with van der Waals surface area (Å²) >= 11 is 0. The second kappa shape index (κ2) is 13.6. The lowest BCUT2D eigenvalue weighted by atomic mass is 9.98. The Balaban J connectivity index is 1.34. The minimum atomic E-state index is -0.537. The molecule has 11 nitrogen and oxygen atoms in total. The number of methoxy groups -OCH3 is 2. The van der Waals surface area contributed by atoms with Gasteiger partial charge in [-0.05, 0) is 59.7 Å². The Morgan fingerprint density at radius 1 is 0.935 bits per heavy atom. The summed E-state index contributed by atoms with van der Waals surface area (Å²) in [6, 6.07) is 20.9. The van der Waals surface area contributed by atoms with Gasteiger partial charge in [0.05, 0.1) is 32.0 Å². The van der Waals surface area contributed by atoms with E-state index >= 15 is 0 Å². The molecular formula is C35H34N4O7. The number of benzene rings is 3. The van der Waals surface area contributed by atoms with Crippen LogP contribution >= 0.6 is 0 Å². The molecule has 2 atom stereocenters. The standard InChI is InChI=1S/C35H34N4O7/c1-43-30-11-8-24-17-28(30)23-4-3-5-26(16-23)45-21-33(40)37-18-22-6-9-25(10-7-22)46-31-13-15-39(20-29(31)38-34(24)41)35(42)27-12-14-36-19-32(27)44-2/h3-12,14,16-17,19,29,31H,13,15,18,20-21H2,1-2H3,(H,37,40)(H,38,41)/t29-,31-/m1/s1. The molecule has 4 heterocycles. The molecule has 236 valence electrons. The zero-order valence-electron chi connectivity index (χ0n) is 25.5. The summed E-state index contributed by atoms with van der Waals surface area (Å²) in [5.74, 6) is 1.25. The molecule has 3 aliphatic rings. The first kappa shape index (κ1) is 30.4. The van der Waals surface area contributed by atoms with Crippen molar-refractivity contribution in [3.63, 3.8) is 0 Å². The molecule has 46 heavy (non-hydrogen) atoms. The third kappa shape index (κ3) is 6.73. The van der Waals surface area contributed by atoms with Crippen molar-refractivity contribution in [2.75, 3.05) is 33.9 Å². The van der Waals surface area contributed by atoms with Crippen molar-refractivity contribution in [1.29, 1.82) is 0 Å². The fraction of sp³-hybridized carbons (Fsp3) is 0.257. The molecular weight excluding hydrogens is 588 g/mol. The minimum Gasteiger partial charge on any atom is -0.496 e. The van der Waals surface area contributed by atoms with Crippen LogP contribution < -0.4 is 29.6 Å². The molecule has 0 aliphatic carbocycles. The summed E-state index contributed by atoms with van der Waals surface area (Å²) in [5, 5.41) is 6.02. The van der Waals surface area contributed by atoms with E-state index in [1.807, 2.05) is 36.4 Å². The predicted octanol–water partition coefficient (Wildman–Crippen LogP) is 3.87. The third-order valence-electron chi connectivity index (χ3n) is 8.07. The van der Waals surface area contributed by atoms with Crippen molar-refractivity contribution in [2.45, 2.75) is 25.1 Å². The number of ether oxygens (including phenoxy) is 4. The first-order chi connectivity index (χ1) is 22.4. The molecule has 2 N–H and O–H groups in total. The Morgan fingerprint density at radius 3 is 2.57 bits per heavy atom. The van der Waals surface area contributed by atoms with Crippen molar-refractivity contribution < 1.29 is 33.3 Å². The Morgan fingerprint density at radius 2 is 1.76 bits per heavy atom. The Labute approximate surface area is 266 Å². The van der Waals surface area contributed by atoms with Gasteiger partial charge in [-0.15, -0.1) is 0 Å². The lowest BCUT2D eigenvalue weighted by molar-refractivity contribution is -0.123. The van der Waals surface area contributed by atoms with E-state index < -0.39 is 12.1 Å². The van der Waals surface area contributed by atoms with Crippen LogP contribution in [0.15, 0.2) is 85.2 Å². The number of fused-ring (bicyclic) bond motifs is 7. The number of amides is 3. The first-order valence-corrected chi connectivity index (χ1v) is 14.9. The van der Waals surface area contributed by atoms with Crippen LogP contribution in [0.25, 0.3) is 11.1 Å². The molecule has 0 spiro atoms. The monoisotopic (exact) mass is 622 g/mol. The van der Waals surface area contributed by atoms with Crippen molar-refractivity contribution in [3.05, 3.63) is 102 Å². The van der Waals surface area contributed by atoms with Gasteiger partial charge in [0.1, 0.15) is 29.1 Å². The topological polar surface area (TPSA) is 128 Å². The van der Waals surface area contributed by atoms with E-state index in [9.17, 15) is 14.4 Å². The average Bonchev–Trinajstić information content (AvgIpc) is 3.10. The highest BCUT2D eigenvalue weighted by Crippen LogP contribution is 2.33. The average molecular weight is 623 g/mol. The first-order valence-electron chi connectivity index (χ1n) is 14.9. The number of aromatic nitrogens is 1. The van der Waals surface area contributed by atoms with E-state index in [1.54, 1.807) is 54.6 Å². The summed E-state index contributed by atoms with van der Waals surface area (Å²) in [6.07, 6.45) is 3.10. The van der Waals surface area contributed by atoms with E-state index in [-0.39, 0.29) is 30.9 Å². The number of rotatable bonds is 3. The number of pyridine rings is 1. The number of carbonyl (C=O) groups excluding carboxylic acids is 3. The molecule has 1 aromatic heterocycles. The number of carbonyl (C=O) groups is 3. The molecule has 6 bridgehead atoms. The number of piperidine rings is 1. The van der Waals surface area contributed by atoms with Crippen LogP contribution in [-0.4, -0.2) is 73.7 Å². The fourth-order valence-electron chi connectivity index (χ4n) is 5.63. The van der Waals surface area contributed by atoms with Gasteiger partial charge in [-0.25, -0.2) is 0 Å². The molecule has 11 heteroatoms. The number of hydrogen-bond donors (Lipinski definition) is 2. The molecule has 0 saturated carbocycles. The van der Waals surface area contributed by atoms with E-state index in [0.29, 0.717) is 59.2 Å². The van der Waals surface area contributed by atoms with Crippen LogP contribution in [0, 0.1) is 0 Å². The van der Waals surface area contributed by atoms with Crippen molar-refractivity contribution in [1.82, 2.24) is 20.5 Å². The number of nitrogens with zero attached hydrogens (tertiary/aromatic N) is 2. The Bertz CT molecular complexity index is 1740. The number of nitrogens with one attached hydrogen (secondary N) is 2. The van der Waals surface area contributed by atoms with Crippen molar-refractivity contribution in [3.8, 4) is 34.1 Å². The van der Waals surface area contributed by atoms with Crippen molar-refractivity contribution in [2.24, 2.45) is 0 Å². The maximum Gasteiger partial charge on any atom is 0.258 e. The van der Waals surface area contributed by atoms with Crippen LogP contribution in [0.1, 0.15) is 32.7 Å². The van der Waals surface area contributed by atoms with Gasteiger partial charge in [0.25, 0.3) is 17.7 Å². The highest BCUT2D eigenvalue weighted by molar-refractivity contribution is 5.98. The molecule has 1 saturated heterocycles. The van der Waals surface area contributed by atoms with E-state index in [1.165, 1.54) is 13.3 Å². The summed E-state index contributed by atoms with van der Waals surface area (Å²) in [5.41, 5.74) is 3.11. The zero-order chi connectivity index (χ0) is 32.0. The molecule has 1 fully saturated rings. The van der Waals surface area contributed by atoms with Gasteiger partial charge < -0.3 is 34.5 Å². The van der Waals surface area contributed by atoms with Gasteiger partial charge in [0.2, 0.25) is 0 Å². The second-order valence-corrected chi connectivity index (χ2v) is 11.0. The molecule has 3 aliphatic heterocycles.